The maximum Gasteiger partial charge on any atom is 0.264 e. The Hall–Kier alpha value is -2.12. The first-order chi connectivity index (χ1) is 10.2. The molecule has 8 heteroatoms. The smallest absolute Gasteiger partial charge is 0.264 e. The molecule has 2 aromatic rings. The molecule has 0 saturated heterocycles. The number of hydrogen-bond donors (Lipinski definition) is 2. The van der Waals surface area contributed by atoms with Crippen LogP contribution in [0.5, 0.6) is 0 Å². The molecule has 5 nitrogen and oxygen atoms in total. The molecule has 0 saturated carbocycles. The van der Waals surface area contributed by atoms with Crippen LogP contribution in [-0.2, 0) is 10.0 Å². The summed E-state index contributed by atoms with van der Waals surface area (Å²) in [5.74, 6) is -1.79. The zero-order valence-electron chi connectivity index (χ0n) is 11.4. The molecule has 0 atom stereocenters. The summed E-state index contributed by atoms with van der Waals surface area (Å²) in [6, 6.07) is 7.74. The molecule has 0 fully saturated rings. The highest BCUT2D eigenvalue weighted by atomic mass is 35.5. The van der Waals surface area contributed by atoms with Gasteiger partial charge in [-0.3, -0.25) is 9.52 Å². The number of carbonyl (C=O) groups is 1. The van der Waals surface area contributed by atoms with Crippen LogP contribution in [0.3, 0.4) is 0 Å². The first-order valence-electron chi connectivity index (χ1n) is 6.09. The van der Waals surface area contributed by atoms with Crippen molar-refractivity contribution >= 4 is 33.2 Å². The topological polar surface area (TPSA) is 89.3 Å². The fraction of sp³-hybridized carbons (Fsp3) is 0.0714. The van der Waals surface area contributed by atoms with Crippen molar-refractivity contribution in [2.75, 3.05) is 4.72 Å². The predicted molar refractivity (Wildman–Crippen MR) is 81.9 cm³/mol. The van der Waals surface area contributed by atoms with Crippen molar-refractivity contribution in [1.82, 2.24) is 0 Å². The van der Waals surface area contributed by atoms with E-state index in [9.17, 15) is 17.6 Å². The minimum atomic E-state index is -4.23. The summed E-state index contributed by atoms with van der Waals surface area (Å²) in [4.78, 5) is 10.8. The lowest BCUT2D eigenvalue weighted by atomic mass is 10.1. The third-order valence-electron chi connectivity index (χ3n) is 2.96. The van der Waals surface area contributed by atoms with Crippen LogP contribution in [0.2, 0.25) is 5.02 Å². The van der Waals surface area contributed by atoms with Gasteiger partial charge >= 0.3 is 0 Å². The Kier molecular flexibility index (Phi) is 4.39. The van der Waals surface area contributed by atoms with Gasteiger partial charge in [-0.25, -0.2) is 12.8 Å². The van der Waals surface area contributed by atoms with Crippen LogP contribution < -0.4 is 10.5 Å². The normalized spacial score (nSPS) is 11.2. The van der Waals surface area contributed by atoms with E-state index in [0.717, 1.165) is 12.1 Å². The van der Waals surface area contributed by atoms with E-state index in [4.69, 9.17) is 17.3 Å². The molecule has 2 aromatic carbocycles. The van der Waals surface area contributed by atoms with Gasteiger partial charge in [-0.15, -0.1) is 0 Å². The molecular weight excluding hydrogens is 331 g/mol. The lowest BCUT2D eigenvalue weighted by Gasteiger charge is -2.14. The Bertz CT molecular complexity index is 853. The number of rotatable bonds is 4. The van der Waals surface area contributed by atoms with Gasteiger partial charge in [0.2, 0.25) is 0 Å². The monoisotopic (exact) mass is 342 g/mol. The molecule has 1 amide bonds. The second-order valence-corrected chi connectivity index (χ2v) is 6.63. The van der Waals surface area contributed by atoms with Crippen molar-refractivity contribution in [3.63, 3.8) is 0 Å². The average Bonchev–Trinajstić information content (AvgIpc) is 2.40. The van der Waals surface area contributed by atoms with Crippen LogP contribution in [0, 0.1) is 12.7 Å². The van der Waals surface area contributed by atoms with Crippen molar-refractivity contribution in [2.45, 2.75) is 11.8 Å². The molecule has 2 rings (SSSR count). The number of primary amides is 1. The number of para-hydroxylation sites is 1. The van der Waals surface area contributed by atoms with E-state index in [1.54, 1.807) is 19.1 Å². The molecule has 0 unspecified atom stereocenters. The Morgan fingerprint density at radius 1 is 1.27 bits per heavy atom. The van der Waals surface area contributed by atoms with Gasteiger partial charge in [0.15, 0.2) is 0 Å². The first kappa shape index (κ1) is 16.3. The molecule has 0 aliphatic heterocycles. The van der Waals surface area contributed by atoms with Crippen molar-refractivity contribution in [3.05, 3.63) is 58.4 Å². The first-order valence-corrected chi connectivity index (χ1v) is 7.96. The third-order valence-corrected chi connectivity index (χ3v) is 4.58. The molecule has 0 aromatic heterocycles. The van der Waals surface area contributed by atoms with Crippen molar-refractivity contribution in [3.8, 4) is 0 Å². The molecule has 0 aliphatic rings. The Morgan fingerprint density at radius 2 is 1.95 bits per heavy atom. The number of halogens is 2. The average molecular weight is 343 g/mol. The maximum absolute atomic E-state index is 13.8. The molecule has 0 radical (unpaired) electrons. The molecular formula is C14H12ClFN2O3S. The number of nitrogens with two attached hydrogens (primary N) is 1. The van der Waals surface area contributed by atoms with Gasteiger partial charge < -0.3 is 5.73 Å². The largest absolute Gasteiger partial charge is 0.366 e. The van der Waals surface area contributed by atoms with E-state index in [1.807, 2.05) is 0 Å². The lowest BCUT2D eigenvalue weighted by Crippen LogP contribution is -2.20. The van der Waals surface area contributed by atoms with Gasteiger partial charge in [0, 0.05) is 5.02 Å². The molecule has 116 valence electrons. The predicted octanol–water partition coefficient (Wildman–Crippen LogP) is 2.69. The van der Waals surface area contributed by atoms with Gasteiger partial charge in [-0.1, -0.05) is 23.7 Å². The number of hydrogen-bond acceptors (Lipinski definition) is 3. The zero-order valence-corrected chi connectivity index (χ0v) is 13.0. The Balaban J connectivity index is 2.52. The minimum Gasteiger partial charge on any atom is -0.366 e. The molecule has 22 heavy (non-hydrogen) atoms. The van der Waals surface area contributed by atoms with Gasteiger partial charge in [0.1, 0.15) is 10.7 Å². The fourth-order valence-corrected chi connectivity index (χ4v) is 3.26. The maximum atomic E-state index is 13.8. The third kappa shape index (κ3) is 3.20. The summed E-state index contributed by atoms with van der Waals surface area (Å²) < 4.78 is 40.6. The van der Waals surface area contributed by atoms with Crippen molar-refractivity contribution in [1.29, 1.82) is 0 Å². The zero-order chi connectivity index (χ0) is 16.5. The molecule has 3 N–H and O–H groups in total. The number of carbonyl (C=O) groups excluding carboxylic acids is 1. The number of sulfonamides is 1. The molecule has 0 bridgehead atoms. The Labute approximate surface area is 131 Å². The van der Waals surface area contributed by atoms with Crippen LogP contribution in [0.4, 0.5) is 10.1 Å². The van der Waals surface area contributed by atoms with Crippen molar-refractivity contribution < 1.29 is 17.6 Å². The fourth-order valence-electron chi connectivity index (χ4n) is 1.89. The number of benzene rings is 2. The summed E-state index contributed by atoms with van der Waals surface area (Å²) in [5, 5.41) is 0.0742. The molecule has 0 heterocycles. The lowest BCUT2D eigenvalue weighted by molar-refractivity contribution is 0.100. The van der Waals surface area contributed by atoms with Gasteiger partial charge in [-0.2, -0.15) is 0 Å². The SMILES string of the molecule is Cc1cccc(C(N)=O)c1NS(=O)(=O)c1ccc(Cl)cc1F. The van der Waals surface area contributed by atoms with E-state index in [2.05, 4.69) is 4.72 Å². The highest BCUT2D eigenvalue weighted by Gasteiger charge is 2.22. The van der Waals surface area contributed by atoms with Crippen LogP contribution in [-0.4, -0.2) is 14.3 Å². The molecule has 0 spiro atoms. The number of amides is 1. The number of anilines is 1. The Morgan fingerprint density at radius 3 is 2.55 bits per heavy atom. The van der Waals surface area contributed by atoms with Gasteiger partial charge in [0.05, 0.1) is 11.3 Å². The van der Waals surface area contributed by atoms with Gasteiger partial charge in [0.25, 0.3) is 15.9 Å². The van der Waals surface area contributed by atoms with E-state index in [0.29, 0.717) is 5.56 Å². The van der Waals surface area contributed by atoms with E-state index in [-0.39, 0.29) is 16.3 Å². The summed E-state index contributed by atoms with van der Waals surface area (Å²) in [6.45, 7) is 1.60. The minimum absolute atomic E-state index is 0.00190. The molecule has 0 aliphatic carbocycles. The second kappa shape index (κ2) is 5.94. The van der Waals surface area contributed by atoms with Crippen molar-refractivity contribution in [2.24, 2.45) is 5.73 Å². The standard InChI is InChI=1S/C14H12ClFN2O3S/c1-8-3-2-4-10(14(17)19)13(8)18-22(20,21)12-6-5-9(15)7-11(12)16/h2-7,18H,1H3,(H2,17,19). The number of nitrogens with one attached hydrogen (secondary N) is 1. The summed E-state index contributed by atoms with van der Waals surface area (Å²) >= 11 is 5.60. The van der Waals surface area contributed by atoms with Crippen LogP contribution in [0.25, 0.3) is 0 Å². The van der Waals surface area contributed by atoms with E-state index < -0.39 is 26.6 Å². The highest BCUT2D eigenvalue weighted by Crippen LogP contribution is 2.26. The number of aryl methyl sites for hydroxylation is 1. The van der Waals surface area contributed by atoms with E-state index >= 15 is 0 Å². The summed E-state index contributed by atoms with van der Waals surface area (Å²) in [5.41, 5.74) is 5.72. The van der Waals surface area contributed by atoms with Crippen LogP contribution in [0.1, 0.15) is 15.9 Å². The summed E-state index contributed by atoms with van der Waals surface area (Å²) in [6.07, 6.45) is 0. The van der Waals surface area contributed by atoms with E-state index in [1.165, 1.54) is 12.1 Å². The van der Waals surface area contributed by atoms with Crippen LogP contribution in [0.15, 0.2) is 41.3 Å². The van der Waals surface area contributed by atoms with Gasteiger partial charge in [-0.05, 0) is 36.8 Å². The second-order valence-electron chi connectivity index (χ2n) is 4.54. The highest BCUT2D eigenvalue weighted by molar-refractivity contribution is 7.92. The van der Waals surface area contributed by atoms with Crippen LogP contribution >= 0.6 is 11.6 Å². The summed E-state index contributed by atoms with van der Waals surface area (Å²) in [7, 11) is -4.23. The quantitative estimate of drug-likeness (QED) is 0.895.